The highest BCUT2D eigenvalue weighted by Gasteiger charge is 2.03. The molecule has 3 aromatic rings. The second-order valence-corrected chi connectivity index (χ2v) is 5.40. The van der Waals surface area contributed by atoms with Crippen molar-refractivity contribution in [2.24, 2.45) is 0 Å². The summed E-state index contributed by atoms with van der Waals surface area (Å²) >= 11 is 0. The number of nitrogens with zero attached hydrogens (tertiary/aromatic N) is 2. The van der Waals surface area contributed by atoms with Gasteiger partial charge in [0.2, 0.25) is 5.78 Å². The molecule has 1 aromatic heterocycles. The van der Waals surface area contributed by atoms with Gasteiger partial charge in [0.05, 0.1) is 5.52 Å². The number of ketones is 1. The summed E-state index contributed by atoms with van der Waals surface area (Å²) in [4.78, 5) is 18.5. The first kappa shape index (κ1) is 14.8. The summed E-state index contributed by atoms with van der Waals surface area (Å²) < 4.78 is 0. The van der Waals surface area contributed by atoms with Crippen molar-refractivity contribution in [1.29, 1.82) is 0 Å². The van der Waals surface area contributed by atoms with E-state index in [0.717, 1.165) is 22.2 Å². The first-order valence-corrected chi connectivity index (χ1v) is 7.32. The van der Waals surface area contributed by atoms with Crippen LogP contribution in [0.2, 0.25) is 0 Å². The van der Waals surface area contributed by atoms with Crippen LogP contribution in [0.1, 0.15) is 15.9 Å². The van der Waals surface area contributed by atoms with Crippen LogP contribution in [0.5, 0.6) is 0 Å². The number of fused-ring (bicyclic) bond motifs is 1. The van der Waals surface area contributed by atoms with Crippen LogP contribution in [-0.2, 0) is 0 Å². The molecule has 0 radical (unpaired) electrons. The molecule has 0 aliphatic rings. The summed E-state index contributed by atoms with van der Waals surface area (Å²) in [6, 6.07) is 17.0. The lowest BCUT2D eigenvalue weighted by molar-refractivity contribution is 0.105. The van der Waals surface area contributed by atoms with E-state index in [1.165, 1.54) is 0 Å². The number of benzene rings is 2. The quantitative estimate of drug-likeness (QED) is 0.536. The number of carbonyl (C=O) groups excluding carboxylic acids is 1. The largest absolute Gasteiger partial charge is 0.378 e. The minimum atomic E-state index is -0.184. The van der Waals surface area contributed by atoms with Crippen LogP contribution in [-0.4, -0.2) is 24.9 Å². The molecular weight excluding hydrogens is 284 g/mol. The van der Waals surface area contributed by atoms with Gasteiger partial charge in [-0.05, 0) is 42.3 Å². The average molecular weight is 300 g/mol. The summed E-state index contributed by atoms with van der Waals surface area (Å²) in [5, 5.41) is 0.957. The SMILES string of the molecule is CN(C)c1ccc(C(=O)C#Cc2ccnc3ccccc23)cc1. The van der Waals surface area contributed by atoms with E-state index in [-0.39, 0.29) is 5.78 Å². The van der Waals surface area contributed by atoms with E-state index in [1.54, 1.807) is 18.3 Å². The van der Waals surface area contributed by atoms with E-state index >= 15 is 0 Å². The zero-order valence-electron chi connectivity index (χ0n) is 13.1. The van der Waals surface area contributed by atoms with Gasteiger partial charge in [0.25, 0.3) is 0 Å². The van der Waals surface area contributed by atoms with Crippen molar-refractivity contribution in [2.45, 2.75) is 0 Å². The summed E-state index contributed by atoms with van der Waals surface area (Å²) in [6.45, 7) is 0. The van der Waals surface area contributed by atoms with Crippen LogP contribution < -0.4 is 4.90 Å². The van der Waals surface area contributed by atoms with Crippen molar-refractivity contribution in [3.63, 3.8) is 0 Å². The van der Waals surface area contributed by atoms with E-state index in [9.17, 15) is 4.79 Å². The molecule has 0 unspecified atom stereocenters. The van der Waals surface area contributed by atoms with Crippen molar-refractivity contribution in [3.05, 3.63) is 71.9 Å². The molecule has 0 amide bonds. The third kappa shape index (κ3) is 3.22. The molecule has 23 heavy (non-hydrogen) atoms. The number of carbonyl (C=O) groups is 1. The maximum atomic E-state index is 12.2. The first-order chi connectivity index (χ1) is 11.1. The molecule has 0 fully saturated rings. The number of hydrogen-bond acceptors (Lipinski definition) is 3. The number of hydrogen-bond donors (Lipinski definition) is 0. The number of para-hydroxylation sites is 1. The molecule has 0 aliphatic carbocycles. The van der Waals surface area contributed by atoms with E-state index in [4.69, 9.17) is 0 Å². The van der Waals surface area contributed by atoms with Crippen molar-refractivity contribution >= 4 is 22.4 Å². The topological polar surface area (TPSA) is 33.2 Å². The van der Waals surface area contributed by atoms with E-state index in [1.807, 2.05) is 61.5 Å². The fourth-order valence-electron chi connectivity index (χ4n) is 2.31. The third-order valence-corrected chi connectivity index (χ3v) is 3.61. The van der Waals surface area contributed by atoms with Crippen LogP contribution in [0, 0.1) is 11.8 Å². The Bertz CT molecular complexity index is 910. The van der Waals surface area contributed by atoms with Crippen LogP contribution in [0.15, 0.2) is 60.8 Å². The highest BCUT2D eigenvalue weighted by atomic mass is 16.1. The van der Waals surface area contributed by atoms with Crippen molar-refractivity contribution in [1.82, 2.24) is 4.98 Å². The van der Waals surface area contributed by atoms with E-state index in [0.29, 0.717) is 5.56 Å². The average Bonchev–Trinajstić information content (AvgIpc) is 2.59. The zero-order valence-corrected chi connectivity index (χ0v) is 13.1. The lowest BCUT2D eigenvalue weighted by Crippen LogP contribution is -2.08. The fourth-order valence-corrected chi connectivity index (χ4v) is 2.31. The standard InChI is InChI=1S/C20H16N2O/c1-22(2)17-10-7-16(8-11-17)20(23)12-9-15-13-14-21-19-6-4-3-5-18(15)19/h3-8,10-11,13-14H,1-2H3. The first-order valence-electron chi connectivity index (χ1n) is 7.32. The Labute approximate surface area is 135 Å². The predicted octanol–water partition coefficient (Wildman–Crippen LogP) is 3.54. The zero-order chi connectivity index (χ0) is 16.2. The minimum Gasteiger partial charge on any atom is -0.378 e. The third-order valence-electron chi connectivity index (χ3n) is 3.61. The van der Waals surface area contributed by atoms with Gasteiger partial charge in [-0.2, -0.15) is 0 Å². The van der Waals surface area contributed by atoms with Gasteiger partial charge in [0.15, 0.2) is 0 Å². The Kier molecular flexibility index (Phi) is 4.07. The Morgan fingerprint density at radius 1 is 1.00 bits per heavy atom. The molecule has 3 nitrogen and oxygen atoms in total. The molecule has 0 spiro atoms. The number of anilines is 1. The molecule has 1 heterocycles. The lowest BCUT2D eigenvalue weighted by atomic mass is 10.1. The molecule has 0 N–H and O–H groups in total. The van der Waals surface area contributed by atoms with Gasteiger partial charge < -0.3 is 4.90 Å². The Balaban J connectivity index is 1.89. The molecule has 0 atom stereocenters. The predicted molar refractivity (Wildman–Crippen MR) is 93.7 cm³/mol. The van der Waals surface area contributed by atoms with E-state index < -0.39 is 0 Å². The summed E-state index contributed by atoms with van der Waals surface area (Å²) in [5.41, 5.74) is 3.34. The smallest absolute Gasteiger partial charge is 0.236 e. The number of aromatic nitrogens is 1. The molecule has 3 rings (SSSR count). The molecule has 0 aliphatic heterocycles. The number of Topliss-reactive ketones (excluding diaryl/α,β-unsaturated/α-hetero) is 1. The monoisotopic (exact) mass is 300 g/mol. The Morgan fingerprint density at radius 2 is 1.74 bits per heavy atom. The van der Waals surface area contributed by atoms with Crippen LogP contribution in [0.4, 0.5) is 5.69 Å². The lowest BCUT2D eigenvalue weighted by Gasteiger charge is -2.11. The van der Waals surface area contributed by atoms with Crippen LogP contribution in [0.3, 0.4) is 0 Å². The highest BCUT2D eigenvalue weighted by Crippen LogP contribution is 2.15. The number of rotatable bonds is 2. The summed E-state index contributed by atoms with van der Waals surface area (Å²) in [6.07, 6.45) is 1.71. The fraction of sp³-hybridized carbons (Fsp3) is 0.100. The Morgan fingerprint density at radius 3 is 2.48 bits per heavy atom. The molecule has 0 saturated carbocycles. The van der Waals surface area contributed by atoms with Crippen LogP contribution in [0.25, 0.3) is 10.9 Å². The minimum absolute atomic E-state index is 0.184. The van der Waals surface area contributed by atoms with Gasteiger partial charge in [-0.15, -0.1) is 0 Å². The highest BCUT2D eigenvalue weighted by molar-refractivity contribution is 6.09. The van der Waals surface area contributed by atoms with E-state index in [2.05, 4.69) is 16.8 Å². The molecular formula is C20H16N2O. The second-order valence-electron chi connectivity index (χ2n) is 5.40. The summed E-state index contributed by atoms with van der Waals surface area (Å²) in [5.74, 6) is 5.52. The molecule has 3 heteroatoms. The maximum absolute atomic E-state index is 12.2. The Hall–Kier alpha value is -3.12. The molecule has 0 bridgehead atoms. The van der Waals surface area contributed by atoms with Crippen molar-refractivity contribution in [3.8, 4) is 11.8 Å². The second kappa shape index (κ2) is 6.33. The van der Waals surface area contributed by atoms with Crippen molar-refractivity contribution in [2.75, 3.05) is 19.0 Å². The molecule has 0 saturated heterocycles. The van der Waals surface area contributed by atoms with Gasteiger partial charge in [-0.1, -0.05) is 24.1 Å². The summed E-state index contributed by atoms with van der Waals surface area (Å²) in [7, 11) is 3.93. The maximum Gasteiger partial charge on any atom is 0.236 e. The normalized spacial score (nSPS) is 10.0. The van der Waals surface area contributed by atoms with Crippen LogP contribution >= 0.6 is 0 Å². The molecule has 112 valence electrons. The van der Waals surface area contributed by atoms with Gasteiger partial charge in [0, 0.05) is 42.5 Å². The molecule has 2 aromatic carbocycles. The van der Waals surface area contributed by atoms with Crippen molar-refractivity contribution < 1.29 is 4.79 Å². The van der Waals surface area contributed by atoms with Gasteiger partial charge in [-0.25, -0.2) is 0 Å². The van der Waals surface area contributed by atoms with Gasteiger partial charge in [0.1, 0.15) is 0 Å². The number of pyridine rings is 1. The van der Waals surface area contributed by atoms with Gasteiger partial charge >= 0.3 is 0 Å². The van der Waals surface area contributed by atoms with Gasteiger partial charge in [-0.3, -0.25) is 9.78 Å².